The minimum absolute atomic E-state index is 0.0357. The summed E-state index contributed by atoms with van der Waals surface area (Å²) in [5, 5.41) is 5.64. The molecule has 3 N–H and O–H groups in total. The molecule has 2 aromatic rings. The fraction of sp³-hybridized carbons (Fsp3) is 0.400. The standard InChI is InChI=1S/C15H20Cl2N4/c1-3-11-8-12(21(4-2)20-11)9-15(19-18)10-5-6-13(16)14(17)7-10/h5-8,15,19H,3-4,9,18H2,1-2H3. The molecule has 0 bridgehead atoms. The predicted molar refractivity (Wildman–Crippen MR) is 87.5 cm³/mol. The summed E-state index contributed by atoms with van der Waals surface area (Å²) in [6, 6.07) is 7.67. The van der Waals surface area contributed by atoms with Crippen molar-refractivity contribution in [1.29, 1.82) is 0 Å². The number of halogens is 2. The largest absolute Gasteiger partial charge is 0.271 e. The molecule has 0 saturated heterocycles. The van der Waals surface area contributed by atoms with Gasteiger partial charge in [0, 0.05) is 18.7 Å². The van der Waals surface area contributed by atoms with E-state index < -0.39 is 0 Å². The Balaban J connectivity index is 2.26. The van der Waals surface area contributed by atoms with E-state index in [1.54, 1.807) is 6.07 Å². The van der Waals surface area contributed by atoms with Crippen LogP contribution < -0.4 is 11.3 Å². The van der Waals surface area contributed by atoms with E-state index in [9.17, 15) is 0 Å². The first-order valence-corrected chi connectivity index (χ1v) is 7.81. The first-order chi connectivity index (χ1) is 10.1. The second-order valence-electron chi connectivity index (χ2n) is 4.89. The monoisotopic (exact) mass is 326 g/mol. The summed E-state index contributed by atoms with van der Waals surface area (Å²) in [5.74, 6) is 5.72. The molecule has 6 heteroatoms. The zero-order valence-corrected chi connectivity index (χ0v) is 13.7. The van der Waals surface area contributed by atoms with Gasteiger partial charge < -0.3 is 0 Å². The van der Waals surface area contributed by atoms with Crippen LogP contribution in [0, 0.1) is 0 Å². The maximum Gasteiger partial charge on any atom is 0.0624 e. The predicted octanol–water partition coefficient (Wildman–Crippen LogP) is 3.52. The highest BCUT2D eigenvalue weighted by Crippen LogP contribution is 2.27. The van der Waals surface area contributed by atoms with Crippen molar-refractivity contribution < 1.29 is 0 Å². The van der Waals surface area contributed by atoms with Gasteiger partial charge in [-0.3, -0.25) is 16.0 Å². The number of aromatic nitrogens is 2. The van der Waals surface area contributed by atoms with Gasteiger partial charge in [0.25, 0.3) is 0 Å². The second-order valence-corrected chi connectivity index (χ2v) is 5.71. The summed E-state index contributed by atoms with van der Waals surface area (Å²) in [6.45, 7) is 5.03. The highest BCUT2D eigenvalue weighted by molar-refractivity contribution is 6.42. The molecule has 1 unspecified atom stereocenters. The molecular formula is C15H20Cl2N4. The van der Waals surface area contributed by atoms with E-state index in [4.69, 9.17) is 29.0 Å². The van der Waals surface area contributed by atoms with Crippen molar-refractivity contribution in [3.63, 3.8) is 0 Å². The SMILES string of the molecule is CCc1cc(CC(NN)c2ccc(Cl)c(Cl)c2)n(CC)n1. The van der Waals surface area contributed by atoms with E-state index >= 15 is 0 Å². The van der Waals surface area contributed by atoms with Crippen LogP contribution in [0.1, 0.15) is 36.8 Å². The molecule has 0 fully saturated rings. The van der Waals surface area contributed by atoms with E-state index in [2.05, 4.69) is 30.4 Å². The van der Waals surface area contributed by atoms with Crippen LogP contribution in [0.25, 0.3) is 0 Å². The number of nitrogens with one attached hydrogen (secondary N) is 1. The Bertz CT molecular complexity index is 610. The van der Waals surface area contributed by atoms with Gasteiger partial charge in [-0.05, 0) is 37.1 Å². The number of hydrogen-bond donors (Lipinski definition) is 2. The van der Waals surface area contributed by atoms with Crippen LogP contribution in [0.15, 0.2) is 24.3 Å². The Morgan fingerprint density at radius 1 is 1.24 bits per heavy atom. The molecule has 0 saturated carbocycles. The number of aryl methyl sites for hydroxylation is 2. The number of hydrogen-bond acceptors (Lipinski definition) is 3. The van der Waals surface area contributed by atoms with Crippen LogP contribution in [0.4, 0.5) is 0 Å². The van der Waals surface area contributed by atoms with Crippen LogP contribution in [-0.4, -0.2) is 9.78 Å². The molecule has 0 aliphatic rings. The quantitative estimate of drug-likeness (QED) is 0.630. The van der Waals surface area contributed by atoms with Crippen molar-refractivity contribution in [3.8, 4) is 0 Å². The third-order valence-electron chi connectivity index (χ3n) is 3.54. The van der Waals surface area contributed by atoms with E-state index in [-0.39, 0.29) is 6.04 Å². The molecule has 0 radical (unpaired) electrons. The molecule has 1 aromatic carbocycles. The van der Waals surface area contributed by atoms with Gasteiger partial charge in [0.1, 0.15) is 0 Å². The summed E-state index contributed by atoms with van der Waals surface area (Å²) in [6.07, 6.45) is 1.67. The summed E-state index contributed by atoms with van der Waals surface area (Å²) in [5.41, 5.74) is 6.11. The van der Waals surface area contributed by atoms with E-state index in [1.807, 2.05) is 16.8 Å². The molecule has 0 spiro atoms. The second kappa shape index (κ2) is 7.27. The first kappa shape index (κ1) is 16.3. The average Bonchev–Trinajstić information content (AvgIpc) is 2.90. The third-order valence-corrected chi connectivity index (χ3v) is 4.28. The zero-order chi connectivity index (χ0) is 15.4. The van der Waals surface area contributed by atoms with Gasteiger partial charge in [-0.25, -0.2) is 0 Å². The summed E-state index contributed by atoms with van der Waals surface area (Å²) >= 11 is 12.0. The minimum Gasteiger partial charge on any atom is -0.271 e. The van der Waals surface area contributed by atoms with Gasteiger partial charge in [-0.1, -0.05) is 36.2 Å². The van der Waals surface area contributed by atoms with E-state index in [0.717, 1.165) is 36.3 Å². The van der Waals surface area contributed by atoms with Gasteiger partial charge >= 0.3 is 0 Å². The molecular weight excluding hydrogens is 307 g/mol. The van der Waals surface area contributed by atoms with Crippen LogP contribution in [0.2, 0.25) is 10.0 Å². The van der Waals surface area contributed by atoms with Gasteiger partial charge in [-0.15, -0.1) is 0 Å². The van der Waals surface area contributed by atoms with Crippen molar-refractivity contribution in [2.75, 3.05) is 0 Å². The first-order valence-electron chi connectivity index (χ1n) is 7.05. The number of benzene rings is 1. The normalized spacial score (nSPS) is 12.6. The topological polar surface area (TPSA) is 55.9 Å². The molecule has 114 valence electrons. The molecule has 2 rings (SSSR count). The molecule has 1 atom stereocenters. The number of rotatable bonds is 6. The molecule has 0 aliphatic carbocycles. The molecule has 1 aromatic heterocycles. The Kier molecular flexibility index (Phi) is 5.65. The van der Waals surface area contributed by atoms with Gasteiger partial charge in [0.2, 0.25) is 0 Å². The van der Waals surface area contributed by atoms with Crippen molar-refractivity contribution in [2.24, 2.45) is 5.84 Å². The number of nitrogens with zero attached hydrogens (tertiary/aromatic N) is 2. The fourth-order valence-electron chi connectivity index (χ4n) is 2.34. The summed E-state index contributed by atoms with van der Waals surface area (Å²) in [7, 11) is 0. The Morgan fingerprint density at radius 3 is 2.57 bits per heavy atom. The molecule has 4 nitrogen and oxygen atoms in total. The lowest BCUT2D eigenvalue weighted by Crippen LogP contribution is -2.30. The number of nitrogens with two attached hydrogens (primary N) is 1. The van der Waals surface area contributed by atoms with Crippen molar-refractivity contribution in [2.45, 2.75) is 39.3 Å². The van der Waals surface area contributed by atoms with E-state index in [1.165, 1.54) is 0 Å². The highest BCUT2D eigenvalue weighted by atomic mass is 35.5. The fourth-order valence-corrected chi connectivity index (χ4v) is 2.64. The number of hydrazine groups is 1. The van der Waals surface area contributed by atoms with E-state index in [0.29, 0.717) is 10.0 Å². The van der Waals surface area contributed by atoms with Gasteiger partial charge in [0.05, 0.1) is 21.8 Å². The summed E-state index contributed by atoms with van der Waals surface area (Å²) in [4.78, 5) is 0. The van der Waals surface area contributed by atoms with Crippen molar-refractivity contribution in [3.05, 3.63) is 51.3 Å². The minimum atomic E-state index is -0.0357. The van der Waals surface area contributed by atoms with Crippen molar-refractivity contribution >= 4 is 23.2 Å². The Morgan fingerprint density at radius 2 is 2.00 bits per heavy atom. The molecule has 0 aliphatic heterocycles. The highest BCUT2D eigenvalue weighted by Gasteiger charge is 2.15. The molecule has 21 heavy (non-hydrogen) atoms. The van der Waals surface area contributed by atoms with Crippen LogP contribution >= 0.6 is 23.2 Å². The Hall–Kier alpha value is -1.07. The van der Waals surface area contributed by atoms with Gasteiger partial charge in [0.15, 0.2) is 0 Å². The van der Waals surface area contributed by atoms with Crippen LogP contribution in [0.3, 0.4) is 0 Å². The maximum absolute atomic E-state index is 6.08. The Labute approximate surface area is 135 Å². The van der Waals surface area contributed by atoms with Crippen LogP contribution in [-0.2, 0) is 19.4 Å². The smallest absolute Gasteiger partial charge is 0.0624 e. The maximum atomic E-state index is 6.08. The lowest BCUT2D eigenvalue weighted by Gasteiger charge is -2.17. The molecule has 0 amide bonds. The average molecular weight is 327 g/mol. The lowest BCUT2D eigenvalue weighted by atomic mass is 10.0. The van der Waals surface area contributed by atoms with Crippen LogP contribution in [0.5, 0.6) is 0 Å². The lowest BCUT2D eigenvalue weighted by molar-refractivity contribution is 0.516. The third kappa shape index (κ3) is 3.77. The zero-order valence-electron chi connectivity index (χ0n) is 12.2. The molecule has 1 heterocycles. The van der Waals surface area contributed by atoms with Gasteiger partial charge in [-0.2, -0.15) is 5.10 Å². The van der Waals surface area contributed by atoms with Crippen molar-refractivity contribution in [1.82, 2.24) is 15.2 Å². The summed E-state index contributed by atoms with van der Waals surface area (Å²) < 4.78 is 2.01.